The number of benzene rings is 1. The second-order valence-corrected chi connectivity index (χ2v) is 6.59. The zero-order chi connectivity index (χ0) is 13.9. The number of sulfonamides is 1. The van der Waals surface area contributed by atoms with Gasteiger partial charge in [-0.1, -0.05) is 12.1 Å². The van der Waals surface area contributed by atoms with Crippen molar-refractivity contribution < 1.29 is 13.5 Å². The van der Waals surface area contributed by atoms with Gasteiger partial charge in [-0.2, -0.15) is 4.31 Å². The largest absolute Gasteiger partial charge is 0.392 e. The molecule has 5 nitrogen and oxygen atoms in total. The Morgan fingerprint density at radius 2 is 2.16 bits per heavy atom. The number of anilines is 1. The van der Waals surface area contributed by atoms with Gasteiger partial charge in [0, 0.05) is 19.6 Å². The minimum atomic E-state index is -3.54. The molecule has 19 heavy (non-hydrogen) atoms. The summed E-state index contributed by atoms with van der Waals surface area (Å²) in [7, 11) is -3.54. The van der Waals surface area contributed by atoms with E-state index in [1.54, 1.807) is 18.2 Å². The third-order valence-corrected chi connectivity index (χ3v) is 5.15. The molecule has 0 aromatic heterocycles. The van der Waals surface area contributed by atoms with E-state index >= 15 is 0 Å². The van der Waals surface area contributed by atoms with E-state index in [9.17, 15) is 13.5 Å². The summed E-state index contributed by atoms with van der Waals surface area (Å²) in [5, 5.41) is 12.7. The lowest BCUT2D eigenvalue weighted by Gasteiger charge is -2.29. The molecule has 6 heteroatoms. The van der Waals surface area contributed by atoms with Crippen LogP contribution in [0.15, 0.2) is 29.2 Å². The van der Waals surface area contributed by atoms with Crippen molar-refractivity contribution in [2.24, 2.45) is 0 Å². The summed E-state index contributed by atoms with van der Waals surface area (Å²) in [6.07, 6.45) is 0.805. The van der Waals surface area contributed by atoms with Crippen LogP contribution < -0.4 is 5.32 Å². The normalized spacial score (nSPS) is 21.3. The molecular formula is C13H20N2O3S. The maximum absolute atomic E-state index is 12.6. The average molecular weight is 284 g/mol. The average Bonchev–Trinajstić information content (AvgIpc) is 2.39. The maximum atomic E-state index is 12.6. The highest BCUT2D eigenvalue weighted by Crippen LogP contribution is 2.26. The molecule has 1 unspecified atom stereocenters. The van der Waals surface area contributed by atoms with Gasteiger partial charge in [-0.15, -0.1) is 0 Å². The van der Waals surface area contributed by atoms with Gasteiger partial charge in [0.05, 0.1) is 11.8 Å². The standard InChI is InChI=1S/C13H20N2O3S/c1-2-14-12-7-3-4-8-13(12)19(17,18)15-9-5-6-11(16)10-15/h3-4,7-8,11,14,16H,2,5-6,9-10H2,1H3. The monoisotopic (exact) mass is 284 g/mol. The van der Waals surface area contributed by atoms with Crippen molar-refractivity contribution >= 4 is 15.7 Å². The summed E-state index contributed by atoms with van der Waals surface area (Å²) in [6.45, 7) is 3.24. The summed E-state index contributed by atoms with van der Waals surface area (Å²) in [5.74, 6) is 0. The van der Waals surface area contributed by atoms with E-state index in [0.29, 0.717) is 31.6 Å². The highest BCUT2D eigenvalue weighted by atomic mass is 32.2. The predicted octanol–water partition coefficient (Wildman–Crippen LogP) is 1.26. The molecule has 1 aromatic rings. The molecule has 2 rings (SSSR count). The molecule has 0 saturated carbocycles. The summed E-state index contributed by atoms with van der Waals surface area (Å²) in [6, 6.07) is 6.89. The van der Waals surface area contributed by atoms with Crippen LogP contribution in [0.5, 0.6) is 0 Å². The van der Waals surface area contributed by atoms with E-state index in [1.165, 1.54) is 4.31 Å². The number of nitrogens with zero attached hydrogens (tertiary/aromatic N) is 1. The number of piperidine rings is 1. The SMILES string of the molecule is CCNc1ccccc1S(=O)(=O)N1CCCC(O)C1. The Hall–Kier alpha value is -1.11. The number of rotatable bonds is 4. The lowest BCUT2D eigenvalue weighted by molar-refractivity contribution is 0.108. The molecule has 0 radical (unpaired) electrons. The first kappa shape index (κ1) is 14.3. The molecule has 0 spiro atoms. The fourth-order valence-electron chi connectivity index (χ4n) is 2.31. The van der Waals surface area contributed by atoms with Crippen molar-refractivity contribution in [3.8, 4) is 0 Å². The second kappa shape index (κ2) is 5.90. The van der Waals surface area contributed by atoms with Gasteiger partial charge in [0.25, 0.3) is 0 Å². The van der Waals surface area contributed by atoms with Crippen LogP contribution in [-0.4, -0.2) is 43.6 Å². The highest BCUT2D eigenvalue weighted by molar-refractivity contribution is 7.89. The van der Waals surface area contributed by atoms with Crippen LogP contribution in [-0.2, 0) is 10.0 Å². The lowest BCUT2D eigenvalue weighted by Crippen LogP contribution is -2.42. The van der Waals surface area contributed by atoms with Crippen molar-refractivity contribution in [1.82, 2.24) is 4.31 Å². The Bertz CT molecular complexity index is 530. The zero-order valence-electron chi connectivity index (χ0n) is 11.0. The molecule has 1 heterocycles. The van der Waals surface area contributed by atoms with Crippen LogP contribution >= 0.6 is 0 Å². The minimum Gasteiger partial charge on any atom is -0.392 e. The maximum Gasteiger partial charge on any atom is 0.245 e. The topological polar surface area (TPSA) is 69.6 Å². The second-order valence-electron chi connectivity index (χ2n) is 4.69. The van der Waals surface area contributed by atoms with Crippen molar-refractivity contribution in [2.45, 2.75) is 30.8 Å². The third-order valence-electron chi connectivity index (χ3n) is 3.23. The molecule has 1 fully saturated rings. The van der Waals surface area contributed by atoms with E-state index < -0.39 is 16.1 Å². The Kier molecular flexibility index (Phi) is 4.44. The number of para-hydroxylation sites is 1. The number of hydrogen-bond acceptors (Lipinski definition) is 4. The first-order chi connectivity index (χ1) is 9.05. The molecule has 1 aliphatic rings. The van der Waals surface area contributed by atoms with Crippen molar-refractivity contribution in [1.29, 1.82) is 0 Å². The molecular weight excluding hydrogens is 264 g/mol. The molecule has 0 amide bonds. The Balaban J connectivity index is 2.33. The fraction of sp³-hybridized carbons (Fsp3) is 0.538. The van der Waals surface area contributed by atoms with Crippen LogP contribution in [0.3, 0.4) is 0 Å². The van der Waals surface area contributed by atoms with Crippen LogP contribution in [0.2, 0.25) is 0 Å². The number of nitrogens with one attached hydrogen (secondary N) is 1. The van der Waals surface area contributed by atoms with E-state index in [1.807, 2.05) is 13.0 Å². The van der Waals surface area contributed by atoms with Gasteiger partial charge in [0.1, 0.15) is 4.90 Å². The molecule has 106 valence electrons. The molecule has 0 bridgehead atoms. The van der Waals surface area contributed by atoms with Crippen molar-refractivity contribution in [2.75, 3.05) is 25.0 Å². The van der Waals surface area contributed by atoms with E-state index in [0.717, 1.165) is 0 Å². The highest BCUT2D eigenvalue weighted by Gasteiger charge is 2.30. The van der Waals surface area contributed by atoms with Crippen LogP contribution in [0.4, 0.5) is 5.69 Å². The predicted molar refractivity (Wildman–Crippen MR) is 74.6 cm³/mol. The molecule has 1 aliphatic heterocycles. The lowest BCUT2D eigenvalue weighted by atomic mass is 10.1. The van der Waals surface area contributed by atoms with E-state index in [2.05, 4.69) is 5.32 Å². The van der Waals surface area contributed by atoms with Crippen molar-refractivity contribution in [3.05, 3.63) is 24.3 Å². The zero-order valence-corrected chi connectivity index (χ0v) is 11.9. The van der Waals surface area contributed by atoms with Gasteiger partial charge < -0.3 is 10.4 Å². The molecule has 2 N–H and O–H groups in total. The smallest absolute Gasteiger partial charge is 0.245 e. The number of aliphatic hydroxyl groups excluding tert-OH is 1. The first-order valence-corrected chi connectivity index (χ1v) is 8.01. The van der Waals surface area contributed by atoms with Gasteiger partial charge in [-0.05, 0) is 31.9 Å². The van der Waals surface area contributed by atoms with Gasteiger partial charge in [0.2, 0.25) is 10.0 Å². The van der Waals surface area contributed by atoms with Crippen LogP contribution in [0, 0.1) is 0 Å². The number of aliphatic hydroxyl groups is 1. The quantitative estimate of drug-likeness (QED) is 0.873. The first-order valence-electron chi connectivity index (χ1n) is 6.57. The Morgan fingerprint density at radius 3 is 2.84 bits per heavy atom. The van der Waals surface area contributed by atoms with Crippen LogP contribution in [0.1, 0.15) is 19.8 Å². The summed E-state index contributed by atoms with van der Waals surface area (Å²) in [5.41, 5.74) is 0.616. The summed E-state index contributed by atoms with van der Waals surface area (Å²) < 4.78 is 26.6. The molecule has 0 aliphatic carbocycles. The van der Waals surface area contributed by atoms with E-state index in [-0.39, 0.29) is 11.4 Å². The Labute approximate surface area is 114 Å². The minimum absolute atomic E-state index is 0.183. The summed E-state index contributed by atoms with van der Waals surface area (Å²) in [4.78, 5) is 0.283. The van der Waals surface area contributed by atoms with Gasteiger partial charge >= 0.3 is 0 Å². The summed E-state index contributed by atoms with van der Waals surface area (Å²) >= 11 is 0. The number of hydrogen-bond donors (Lipinski definition) is 2. The van der Waals surface area contributed by atoms with E-state index in [4.69, 9.17) is 0 Å². The third kappa shape index (κ3) is 3.08. The molecule has 1 atom stereocenters. The molecule has 1 saturated heterocycles. The Morgan fingerprint density at radius 1 is 1.42 bits per heavy atom. The number of β-amino-alcohol motifs (C(OH)–C–C–N with tert-alkyl or cyclic N) is 1. The van der Waals surface area contributed by atoms with Crippen molar-refractivity contribution in [3.63, 3.8) is 0 Å². The van der Waals surface area contributed by atoms with Gasteiger partial charge in [0.15, 0.2) is 0 Å². The molecule has 1 aromatic carbocycles. The van der Waals surface area contributed by atoms with Gasteiger partial charge in [-0.3, -0.25) is 0 Å². The van der Waals surface area contributed by atoms with Gasteiger partial charge in [-0.25, -0.2) is 8.42 Å². The van der Waals surface area contributed by atoms with Crippen LogP contribution in [0.25, 0.3) is 0 Å². The fourth-order valence-corrected chi connectivity index (χ4v) is 3.99.